The van der Waals surface area contributed by atoms with Crippen LogP contribution in [0.25, 0.3) is 10.8 Å². The predicted octanol–water partition coefficient (Wildman–Crippen LogP) is 2.73. The summed E-state index contributed by atoms with van der Waals surface area (Å²) in [6, 6.07) is 4.17. The van der Waals surface area contributed by atoms with Gasteiger partial charge in [-0.3, -0.25) is 0 Å². The molecule has 13 heavy (non-hydrogen) atoms. The second-order valence-corrected chi connectivity index (χ2v) is 3.06. The molecule has 2 aromatic rings. The Balaban J connectivity index is 2.81. The predicted molar refractivity (Wildman–Crippen MR) is 48.4 cm³/mol. The lowest BCUT2D eigenvalue weighted by Crippen LogP contribution is -1.81. The van der Waals surface area contributed by atoms with Crippen LogP contribution in [0.3, 0.4) is 0 Å². The average molecular weight is 198 g/mol. The summed E-state index contributed by atoms with van der Waals surface area (Å²) in [6.07, 6.45) is 1.39. The van der Waals surface area contributed by atoms with E-state index in [1.807, 2.05) is 0 Å². The van der Waals surface area contributed by atoms with Gasteiger partial charge < -0.3 is 5.11 Å². The summed E-state index contributed by atoms with van der Waals surface area (Å²) in [5.41, 5.74) is 0. The molecule has 0 aliphatic rings. The standard InChI is InChI=1S/C9H5ClFNO/c10-7-1-5-3-9(13)12-4-6(5)2-8(7)11/h1-4H,(H,12,13). The van der Waals surface area contributed by atoms with Crippen LogP contribution in [0, 0.1) is 5.82 Å². The first-order valence-electron chi connectivity index (χ1n) is 3.60. The van der Waals surface area contributed by atoms with Gasteiger partial charge in [0.25, 0.3) is 0 Å². The molecule has 0 amide bonds. The molecule has 0 atom stereocenters. The van der Waals surface area contributed by atoms with Gasteiger partial charge in [0.15, 0.2) is 0 Å². The molecule has 1 aromatic carbocycles. The molecule has 0 unspecified atom stereocenters. The summed E-state index contributed by atoms with van der Waals surface area (Å²) in [7, 11) is 0. The minimum absolute atomic E-state index is 0.0399. The van der Waals surface area contributed by atoms with Gasteiger partial charge in [0.1, 0.15) is 5.82 Å². The van der Waals surface area contributed by atoms with Gasteiger partial charge in [0.05, 0.1) is 5.02 Å². The van der Waals surface area contributed by atoms with Crippen LogP contribution in [0.15, 0.2) is 24.4 Å². The molecule has 0 bridgehead atoms. The number of aromatic nitrogens is 1. The van der Waals surface area contributed by atoms with Gasteiger partial charge in [0.2, 0.25) is 5.88 Å². The van der Waals surface area contributed by atoms with Crippen molar-refractivity contribution in [1.82, 2.24) is 4.98 Å². The van der Waals surface area contributed by atoms with Crippen LogP contribution in [0.4, 0.5) is 4.39 Å². The van der Waals surface area contributed by atoms with Gasteiger partial charge in [-0.25, -0.2) is 9.37 Å². The van der Waals surface area contributed by atoms with Gasteiger partial charge in [0, 0.05) is 17.6 Å². The third-order valence-electron chi connectivity index (χ3n) is 1.75. The Kier molecular flexibility index (Phi) is 1.81. The Morgan fingerprint density at radius 2 is 2.00 bits per heavy atom. The van der Waals surface area contributed by atoms with Crippen molar-refractivity contribution in [3.05, 3.63) is 35.2 Å². The number of nitrogens with zero attached hydrogens (tertiary/aromatic N) is 1. The van der Waals surface area contributed by atoms with E-state index >= 15 is 0 Å². The molecule has 0 radical (unpaired) electrons. The van der Waals surface area contributed by atoms with E-state index in [-0.39, 0.29) is 10.9 Å². The molecule has 2 nitrogen and oxygen atoms in total. The van der Waals surface area contributed by atoms with Crippen molar-refractivity contribution in [3.63, 3.8) is 0 Å². The lowest BCUT2D eigenvalue weighted by molar-refractivity contribution is 0.454. The monoisotopic (exact) mass is 197 g/mol. The van der Waals surface area contributed by atoms with Crippen molar-refractivity contribution in [2.75, 3.05) is 0 Å². The number of rotatable bonds is 0. The molecule has 2 rings (SSSR count). The van der Waals surface area contributed by atoms with Crippen LogP contribution < -0.4 is 0 Å². The molecule has 0 aliphatic heterocycles. The lowest BCUT2D eigenvalue weighted by atomic mass is 10.2. The van der Waals surface area contributed by atoms with Crippen LogP contribution in [0.1, 0.15) is 0 Å². The molecule has 0 fully saturated rings. The Morgan fingerprint density at radius 3 is 2.77 bits per heavy atom. The third-order valence-corrected chi connectivity index (χ3v) is 2.04. The maximum atomic E-state index is 12.9. The highest BCUT2D eigenvalue weighted by Gasteiger charge is 2.02. The smallest absolute Gasteiger partial charge is 0.211 e. The molecule has 1 aromatic heterocycles. The number of benzene rings is 1. The number of hydrogen-bond acceptors (Lipinski definition) is 2. The van der Waals surface area contributed by atoms with Gasteiger partial charge >= 0.3 is 0 Å². The molecule has 0 saturated carbocycles. The zero-order valence-electron chi connectivity index (χ0n) is 6.46. The topological polar surface area (TPSA) is 33.1 Å². The van der Waals surface area contributed by atoms with E-state index in [1.165, 1.54) is 24.4 Å². The van der Waals surface area contributed by atoms with Crippen molar-refractivity contribution >= 4 is 22.4 Å². The fraction of sp³-hybridized carbons (Fsp3) is 0. The van der Waals surface area contributed by atoms with Crippen LogP contribution in [0.5, 0.6) is 5.88 Å². The van der Waals surface area contributed by atoms with Crippen LogP contribution in [-0.4, -0.2) is 10.1 Å². The summed E-state index contributed by atoms with van der Waals surface area (Å²) < 4.78 is 12.9. The van der Waals surface area contributed by atoms with E-state index in [4.69, 9.17) is 16.7 Å². The van der Waals surface area contributed by atoms with E-state index in [2.05, 4.69) is 4.98 Å². The Hall–Kier alpha value is -1.35. The maximum Gasteiger partial charge on any atom is 0.211 e. The minimum Gasteiger partial charge on any atom is -0.493 e. The Labute approximate surface area is 78.6 Å². The van der Waals surface area contributed by atoms with Gasteiger partial charge in [-0.05, 0) is 17.5 Å². The van der Waals surface area contributed by atoms with E-state index in [1.54, 1.807) is 0 Å². The van der Waals surface area contributed by atoms with Gasteiger partial charge in [-0.15, -0.1) is 0 Å². The summed E-state index contributed by atoms with van der Waals surface area (Å²) in [4.78, 5) is 3.62. The Morgan fingerprint density at radius 1 is 1.23 bits per heavy atom. The molecular weight excluding hydrogens is 193 g/mol. The molecule has 4 heteroatoms. The molecule has 66 valence electrons. The molecular formula is C9H5ClFNO. The third kappa shape index (κ3) is 1.42. The zero-order valence-corrected chi connectivity index (χ0v) is 7.22. The van der Waals surface area contributed by atoms with E-state index in [0.717, 1.165) is 0 Å². The second-order valence-electron chi connectivity index (χ2n) is 2.66. The average Bonchev–Trinajstić information content (AvgIpc) is 2.08. The SMILES string of the molecule is Oc1cc2cc(Cl)c(F)cc2cn1. The normalized spacial score (nSPS) is 10.6. The number of fused-ring (bicyclic) bond motifs is 1. The summed E-state index contributed by atoms with van der Waals surface area (Å²) in [5.74, 6) is -0.586. The van der Waals surface area contributed by atoms with Crippen molar-refractivity contribution in [2.24, 2.45) is 0 Å². The minimum atomic E-state index is -0.485. The van der Waals surface area contributed by atoms with Crippen molar-refractivity contribution in [2.45, 2.75) is 0 Å². The zero-order chi connectivity index (χ0) is 9.42. The van der Waals surface area contributed by atoms with Crippen LogP contribution in [-0.2, 0) is 0 Å². The van der Waals surface area contributed by atoms with Crippen LogP contribution in [0.2, 0.25) is 5.02 Å². The molecule has 1 N–H and O–H groups in total. The largest absolute Gasteiger partial charge is 0.493 e. The number of hydrogen-bond donors (Lipinski definition) is 1. The van der Waals surface area contributed by atoms with E-state index in [0.29, 0.717) is 10.8 Å². The highest BCUT2D eigenvalue weighted by atomic mass is 35.5. The van der Waals surface area contributed by atoms with Crippen LogP contribution >= 0.6 is 11.6 Å². The molecule has 0 saturated heterocycles. The van der Waals surface area contributed by atoms with E-state index in [9.17, 15) is 4.39 Å². The van der Waals surface area contributed by atoms with Gasteiger partial charge in [-0.1, -0.05) is 11.6 Å². The lowest BCUT2D eigenvalue weighted by Gasteiger charge is -1.99. The Bertz CT molecular complexity index is 472. The number of aromatic hydroxyl groups is 1. The van der Waals surface area contributed by atoms with E-state index < -0.39 is 5.82 Å². The summed E-state index contributed by atoms with van der Waals surface area (Å²) in [6.45, 7) is 0. The highest BCUT2D eigenvalue weighted by molar-refractivity contribution is 6.31. The number of halogens is 2. The highest BCUT2D eigenvalue weighted by Crippen LogP contribution is 2.23. The number of pyridine rings is 1. The molecule has 0 spiro atoms. The molecule has 0 aliphatic carbocycles. The van der Waals surface area contributed by atoms with Crippen molar-refractivity contribution < 1.29 is 9.50 Å². The fourth-order valence-electron chi connectivity index (χ4n) is 1.13. The maximum absolute atomic E-state index is 12.9. The van der Waals surface area contributed by atoms with Gasteiger partial charge in [-0.2, -0.15) is 0 Å². The first-order valence-corrected chi connectivity index (χ1v) is 3.98. The fourth-order valence-corrected chi connectivity index (χ4v) is 1.30. The van der Waals surface area contributed by atoms with Crippen molar-refractivity contribution in [1.29, 1.82) is 0 Å². The summed E-state index contributed by atoms with van der Waals surface area (Å²) in [5, 5.41) is 10.4. The first kappa shape index (κ1) is 8.26. The quantitative estimate of drug-likeness (QED) is 0.705. The molecule has 1 heterocycles. The van der Waals surface area contributed by atoms with Crippen molar-refractivity contribution in [3.8, 4) is 5.88 Å². The summed E-state index contributed by atoms with van der Waals surface area (Å²) >= 11 is 5.56. The second kappa shape index (κ2) is 2.85. The first-order chi connectivity index (χ1) is 6.16.